The summed E-state index contributed by atoms with van der Waals surface area (Å²) in [7, 11) is 0. The van der Waals surface area contributed by atoms with E-state index in [0.29, 0.717) is 17.5 Å². The third-order valence-corrected chi connectivity index (χ3v) is 13.4. The van der Waals surface area contributed by atoms with Gasteiger partial charge in [-0.25, -0.2) is 15.0 Å². The highest BCUT2D eigenvalue weighted by molar-refractivity contribution is 6.14. The van der Waals surface area contributed by atoms with E-state index in [0.717, 1.165) is 82.8 Å². The molecular formula is C60H39N3O2. The summed E-state index contributed by atoms with van der Waals surface area (Å²) in [6, 6.07) is 70.2. The first-order chi connectivity index (χ1) is 32.0. The predicted octanol–water partition coefficient (Wildman–Crippen LogP) is 16.0. The van der Waals surface area contributed by atoms with Crippen LogP contribution in [0.3, 0.4) is 0 Å². The van der Waals surface area contributed by atoms with Crippen LogP contribution in [0.25, 0.3) is 123 Å². The van der Waals surface area contributed by atoms with Gasteiger partial charge in [0.15, 0.2) is 17.5 Å². The minimum atomic E-state index is -0.0508. The number of fused-ring (bicyclic) bond motifs is 9. The molecule has 0 bridgehead atoms. The molecule has 1 aliphatic rings. The van der Waals surface area contributed by atoms with Crippen molar-refractivity contribution < 1.29 is 8.83 Å². The number of hydrogen-bond acceptors (Lipinski definition) is 5. The molecule has 0 N–H and O–H groups in total. The van der Waals surface area contributed by atoms with Crippen LogP contribution in [-0.2, 0) is 5.41 Å². The van der Waals surface area contributed by atoms with Gasteiger partial charge in [-0.2, -0.15) is 0 Å². The van der Waals surface area contributed by atoms with Crippen molar-refractivity contribution in [2.45, 2.75) is 19.3 Å². The van der Waals surface area contributed by atoms with Gasteiger partial charge in [-0.05, 0) is 86.0 Å². The zero-order valence-corrected chi connectivity index (χ0v) is 35.7. The quantitative estimate of drug-likeness (QED) is 0.167. The lowest BCUT2D eigenvalue weighted by molar-refractivity contribution is 0.660. The molecule has 0 aliphatic heterocycles. The SMILES string of the molecule is CC1(C)c2ccccc2-c2c(-c3ccc(-c4ccc5oc6cccc(-c7nc(-c8ccc(-c9ccccc9)cc8)nc(-c8cccc9oc%10ccccc%10c89)n7)c6c5c4)cc3)cccc21. The highest BCUT2D eigenvalue weighted by Crippen LogP contribution is 2.52. The number of para-hydroxylation sites is 1. The Kier molecular flexibility index (Phi) is 8.18. The molecule has 1 aliphatic carbocycles. The van der Waals surface area contributed by atoms with Crippen LogP contribution in [-0.4, -0.2) is 15.0 Å². The van der Waals surface area contributed by atoms with Crippen molar-refractivity contribution in [2.24, 2.45) is 0 Å². The average Bonchev–Trinajstić information content (AvgIpc) is 4.01. The lowest BCUT2D eigenvalue weighted by Crippen LogP contribution is -2.14. The predicted molar refractivity (Wildman–Crippen MR) is 265 cm³/mol. The summed E-state index contributed by atoms with van der Waals surface area (Å²) in [5.41, 5.74) is 18.1. The first-order valence-electron chi connectivity index (χ1n) is 22.1. The summed E-state index contributed by atoms with van der Waals surface area (Å²) >= 11 is 0. The van der Waals surface area contributed by atoms with Crippen molar-refractivity contribution in [2.75, 3.05) is 0 Å². The number of nitrogens with zero attached hydrogens (tertiary/aromatic N) is 3. The molecule has 13 rings (SSSR count). The van der Waals surface area contributed by atoms with Crippen molar-refractivity contribution in [3.8, 4) is 78.7 Å². The maximum Gasteiger partial charge on any atom is 0.164 e. The molecule has 0 spiro atoms. The summed E-state index contributed by atoms with van der Waals surface area (Å²) in [4.78, 5) is 15.7. The van der Waals surface area contributed by atoms with E-state index in [4.69, 9.17) is 23.8 Å². The largest absolute Gasteiger partial charge is 0.456 e. The van der Waals surface area contributed by atoms with E-state index in [1.807, 2.05) is 48.5 Å². The molecular weight excluding hydrogens is 795 g/mol. The highest BCUT2D eigenvalue weighted by atomic mass is 16.3. The second-order valence-electron chi connectivity index (χ2n) is 17.5. The second kappa shape index (κ2) is 14.3. The Balaban J connectivity index is 0.947. The van der Waals surface area contributed by atoms with Crippen LogP contribution in [0.5, 0.6) is 0 Å². The minimum absolute atomic E-state index is 0.0508. The fraction of sp³-hybridized carbons (Fsp3) is 0.0500. The Hall–Kier alpha value is -8.41. The highest BCUT2D eigenvalue weighted by Gasteiger charge is 2.36. The first-order valence-corrected chi connectivity index (χ1v) is 22.1. The summed E-state index contributed by atoms with van der Waals surface area (Å²) in [6.45, 7) is 4.66. The average molecular weight is 834 g/mol. The Bertz CT molecular complexity index is 3840. The molecule has 0 fully saturated rings. The van der Waals surface area contributed by atoms with Crippen LogP contribution in [0.15, 0.2) is 209 Å². The lowest BCUT2D eigenvalue weighted by Gasteiger charge is -2.21. The van der Waals surface area contributed by atoms with Gasteiger partial charge in [0.25, 0.3) is 0 Å². The molecule has 5 nitrogen and oxygen atoms in total. The van der Waals surface area contributed by atoms with Crippen LogP contribution in [0.1, 0.15) is 25.0 Å². The van der Waals surface area contributed by atoms with Gasteiger partial charge < -0.3 is 8.83 Å². The Labute approximate surface area is 375 Å². The summed E-state index contributed by atoms with van der Waals surface area (Å²) in [6.07, 6.45) is 0. The van der Waals surface area contributed by atoms with Crippen LogP contribution < -0.4 is 0 Å². The molecule has 306 valence electrons. The number of hydrogen-bond donors (Lipinski definition) is 0. The number of rotatable bonds is 6. The Morgan fingerprint density at radius 1 is 0.323 bits per heavy atom. The van der Waals surface area contributed by atoms with E-state index >= 15 is 0 Å². The summed E-state index contributed by atoms with van der Waals surface area (Å²) < 4.78 is 12.9. The van der Waals surface area contributed by atoms with E-state index in [1.54, 1.807) is 0 Å². The van der Waals surface area contributed by atoms with Crippen molar-refractivity contribution in [1.82, 2.24) is 15.0 Å². The summed E-state index contributed by atoms with van der Waals surface area (Å²) in [5.74, 6) is 1.71. The Morgan fingerprint density at radius 2 is 0.800 bits per heavy atom. The van der Waals surface area contributed by atoms with Gasteiger partial charge >= 0.3 is 0 Å². The van der Waals surface area contributed by atoms with Gasteiger partial charge in [0.2, 0.25) is 0 Å². The third kappa shape index (κ3) is 5.89. The van der Waals surface area contributed by atoms with Crippen molar-refractivity contribution in [3.63, 3.8) is 0 Å². The maximum atomic E-state index is 6.57. The van der Waals surface area contributed by atoms with Gasteiger partial charge in [-0.1, -0.05) is 184 Å². The van der Waals surface area contributed by atoms with E-state index in [9.17, 15) is 0 Å². The zero-order chi connectivity index (χ0) is 43.2. The van der Waals surface area contributed by atoms with Gasteiger partial charge in [0, 0.05) is 43.7 Å². The molecule has 3 heterocycles. The van der Waals surface area contributed by atoms with Crippen LogP contribution in [0.4, 0.5) is 0 Å². The third-order valence-electron chi connectivity index (χ3n) is 13.4. The second-order valence-corrected chi connectivity index (χ2v) is 17.5. The number of aromatic nitrogens is 3. The van der Waals surface area contributed by atoms with Crippen LogP contribution in [0.2, 0.25) is 0 Å². The molecule has 0 atom stereocenters. The lowest BCUT2D eigenvalue weighted by atomic mass is 9.82. The molecule has 0 saturated heterocycles. The Morgan fingerprint density at radius 3 is 1.54 bits per heavy atom. The van der Waals surface area contributed by atoms with Crippen LogP contribution in [0, 0.1) is 0 Å². The van der Waals surface area contributed by atoms with E-state index < -0.39 is 0 Å². The molecule has 5 heteroatoms. The number of benzene rings is 9. The summed E-state index contributed by atoms with van der Waals surface area (Å²) in [5, 5.41) is 3.94. The number of furan rings is 2. The van der Waals surface area contributed by atoms with Gasteiger partial charge in [0.1, 0.15) is 22.3 Å². The topological polar surface area (TPSA) is 65.0 Å². The zero-order valence-electron chi connectivity index (χ0n) is 35.7. The molecule has 3 aromatic heterocycles. The molecule has 0 unspecified atom stereocenters. The van der Waals surface area contributed by atoms with Gasteiger partial charge in [0.05, 0.1) is 0 Å². The van der Waals surface area contributed by atoms with Crippen molar-refractivity contribution >= 4 is 43.9 Å². The molecule has 9 aromatic carbocycles. The monoisotopic (exact) mass is 833 g/mol. The van der Waals surface area contributed by atoms with Gasteiger partial charge in [-0.3, -0.25) is 0 Å². The maximum absolute atomic E-state index is 6.57. The van der Waals surface area contributed by atoms with Gasteiger partial charge in [-0.15, -0.1) is 0 Å². The molecule has 65 heavy (non-hydrogen) atoms. The normalized spacial score (nSPS) is 12.9. The van der Waals surface area contributed by atoms with E-state index in [1.165, 1.54) is 33.4 Å². The molecule has 12 aromatic rings. The van der Waals surface area contributed by atoms with Crippen molar-refractivity contribution in [1.29, 1.82) is 0 Å². The smallest absolute Gasteiger partial charge is 0.164 e. The molecule has 0 saturated carbocycles. The standard InChI is InChI=1S/C60H39N3O2/c1-60(2)48-20-8-6-15-43(48)54-42(17-10-21-49(54)60)39-29-25-38(26-30-39)41-33-34-51-47(35-41)56-46(19-12-24-53(56)65-51)59-62-57(40-31-27-37(28-32-40)36-13-4-3-5-14-36)61-58(63-59)45-18-11-23-52-55(45)44-16-7-9-22-50(44)64-52/h3-35H,1-2H3. The fourth-order valence-electron chi connectivity index (χ4n) is 10.2. The van der Waals surface area contributed by atoms with E-state index in [2.05, 4.69) is 166 Å². The molecule has 0 amide bonds. The van der Waals surface area contributed by atoms with Crippen molar-refractivity contribution in [3.05, 3.63) is 211 Å². The van der Waals surface area contributed by atoms with E-state index in [-0.39, 0.29) is 5.41 Å². The van der Waals surface area contributed by atoms with Crippen LogP contribution >= 0.6 is 0 Å². The fourth-order valence-corrected chi connectivity index (χ4v) is 10.2. The first kappa shape index (κ1) is 37.2. The molecule has 0 radical (unpaired) electrons. The minimum Gasteiger partial charge on any atom is -0.456 e.